The minimum atomic E-state index is -3.31. The summed E-state index contributed by atoms with van der Waals surface area (Å²) in [6.07, 6.45) is 0. The highest BCUT2D eigenvalue weighted by Gasteiger charge is 2.28. The zero-order valence-electron chi connectivity index (χ0n) is 9.27. The predicted octanol–water partition coefficient (Wildman–Crippen LogP) is 2.81. The normalized spacial score (nSPS) is 11.7. The van der Waals surface area contributed by atoms with Crippen LogP contribution < -0.4 is 11.0 Å². The molecule has 0 aliphatic rings. The van der Waals surface area contributed by atoms with Crippen molar-refractivity contribution in [1.29, 1.82) is 0 Å². The van der Waals surface area contributed by atoms with Crippen LogP contribution in [0.25, 0.3) is 0 Å². The van der Waals surface area contributed by atoms with Crippen LogP contribution in [0.3, 0.4) is 0 Å². The fraction of sp³-hybridized carbons (Fsp3) is 0.400. The highest BCUT2D eigenvalue weighted by molar-refractivity contribution is 7.62. The van der Waals surface area contributed by atoms with Crippen LogP contribution in [0, 0.1) is 0 Å². The van der Waals surface area contributed by atoms with Crippen LogP contribution in [0.15, 0.2) is 18.2 Å². The van der Waals surface area contributed by atoms with Crippen molar-refractivity contribution in [2.75, 3.05) is 18.9 Å². The van der Waals surface area contributed by atoms with E-state index in [0.717, 1.165) is 0 Å². The zero-order chi connectivity index (χ0) is 12.2. The smallest absolute Gasteiger partial charge is 0.363 e. The lowest BCUT2D eigenvalue weighted by atomic mass is 10.3. The lowest BCUT2D eigenvalue weighted by molar-refractivity contribution is 0.230. The zero-order valence-corrected chi connectivity index (χ0v) is 10.9. The van der Waals surface area contributed by atoms with Gasteiger partial charge in [-0.2, -0.15) is 0 Å². The molecule has 0 atom stereocenters. The lowest BCUT2D eigenvalue weighted by Gasteiger charge is -2.18. The summed E-state index contributed by atoms with van der Waals surface area (Å²) >= 11 is 5.77. The molecular weight excluding hydrogens is 249 g/mol. The number of halogens is 1. The fourth-order valence-electron chi connectivity index (χ4n) is 1.29. The Hall–Kier alpha value is -0.540. The van der Waals surface area contributed by atoms with Crippen molar-refractivity contribution < 1.29 is 13.6 Å². The van der Waals surface area contributed by atoms with E-state index in [1.165, 1.54) is 6.07 Å². The molecule has 90 valence electrons. The van der Waals surface area contributed by atoms with Crippen LogP contribution in [0.2, 0.25) is 5.02 Å². The Morgan fingerprint density at radius 3 is 2.31 bits per heavy atom. The summed E-state index contributed by atoms with van der Waals surface area (Å²) in [5.41, 5.74) is 6.07. The van der Waals surface area contributed by atoms with E-state index in [1.54, 1.807) is 26.0 Å². The summed E-state index contributed by atoms with van der Waals surface area (Å²) < 4.78 is 22.8. The van der Waals surface area contributed by atoms with Crippen LogP contribution >= 0.6 is 19.2 Å². The number of nitrogen functional groups attached to an aromatic ring is 1. The number of benzene rings is 1. The summed E-state index contributed by atoms with van der Waals surface area (Å²) in [5, 5.41) is 0.849. The summed E-state index contributed by atoms with van der Waals surface area (Å²) in [4.78, 5) is 0. The largest absolute Gasteiger partial charge is 0.398 e. The second-order valence-electron chi connectivity index (χ2n) is 3.04. The van der Waals surface area contributed by atoms with Crippen LogP contribution in [0.5, 0.6) is 0 Å². The molecule has 4 nitrogen and oxygen atoms in total. The molecule has 0 bridgehead atoms. The maximum absolute atomic E-state index is 12.4. The average molecular weight is 264 g/mol. The second kappa shape index (κ2) is 5.69. The number of anilines is 1. The Bertz CT molecular complexity index is 401. The number of hydrogen-bond acceptors (Lipinski definition) is 4. The van der Waals surface area contributed by atoms with Gasteiger partial charge in [0.15, 0.2) is 0 Å². The van der Waals surface area contributed by atoms with Gasteiger partial charge >= 0.3 is 7.60 Å². The summed E-state index contributed by atoms with van der Waals surface area (Å²) in [6.45, 7) is 4.08. The van der Waals surface area contributed by atoms with E-state index in [4.69, 9.17) is 26.4 Å². The van der Waals surface area contributed by atoms with Crippen molar-refractivity contribution in [3.63, 3.8) is 0 Å². The predicted molar refractivity (Wildman–Crippen MR) is 66.4 cm³/mol. The molecule has 1 rings (SSSR count). The molecule has 16 heavy (non-hydrogen) atoms. The van der Waals surface area contributed by atoms with Crippen molar-refractivity contribution in [1.82, 2.24) is 0 Å². The molecule has 0 heterocycles. The molecule has 2 N–H and O–H groups in total. The molecule has 0 amide bonds. The molecule has 0 saturated carbocycles. The van der Waals surface area contributed by atoms with Gasteiger partial charge in [-0.3, -0.25) is 4.57 Å². The number of hydrogen-bond donors (Lipinski definition) is 1. The minimum absolute atomic E-state index is 0.291. The first-order chi connectivity index (χ1) is 7.53. The quantitative estimate of drug-likeness (QED) is 0.655. The molecule has 0 aliphatic carbocycles. The summed E-state index contributed by atoms with van der Waals surface area (Å²) in [6, 6.07) is 4.71. The van der Waals surface area contributed by atoms with Gasteiger partial charge in [0.25, 0.3) is 0 Å². The van der Waals surface area contributed by atoms with Gasteiger partial charge in [-0.1, -0.05) is 11.6 Å². The van der Waals surface area contributed by atoms with Crippen molar-refractivity contribution >= 4 is 30.2 Å². The first-order valence-corrected chi connectivity index (χ1v) is 6.90. The number of rotatable bonds is 5. The van der Waals surface area contributed by atoms with Gasteiger partial charge in [-0.15, -0.1) is 0 Å². The molecule has 6 heteroatoms. The maximum Gasteiger partial charge on any atom is 0.363 e. The van der Waals surface area contributed by atoms with Gasteiger partial charge in [-0.05, 0) is 32.0 Å². The second-order valence-corrected chi connectivity index (χ2v) is 5.47. The van der Waals surface area contributed by atoms with E-state index in [2.05, 4.69) is 0 Å². The molecule has 0 saturated heterocycles. The Morgan fingerprint density at radius 1 is 1.31 bits per heavy atom. The summed E-state index contributed by atoms with van der Waals surface area (Å²) in [7, 11) is -3.31. The van der Waals surface area contributed by atoms with Crippen molar-refractivity contribution in [2.24, 2.45) is 0 Å². The Kier molecular flexibility index (Phi) is 4.81. The standard InChI is InChI=1S/C10H15ClNO3P/c1-3-14-16(13,15-4-2)10-6-5-8(11)7-9(10)12/h5-7H,3-4,12H2,1-2H3. The molecule has 0 aromatic heterocycles. The lowest BCUT2D eigenvalue weighted by Crippen LogP contribution is -2.14. The van der Waals surface area contributed by atoms with Crippen LogP contribution in [-0.2, 0) is 13.6 Å². The Labute approximate surface area is 100 Å². The van der Waals surface area contributed by atoms with Gasteiger partial charge in [0, 0.05) is 10.7 Å². The maximum atomic E-state index is 12.4. The SMILES string of the molecule is CCOP(=O)(OCC)c1ccc(Cl)cc1N. The molecule has 1 aromatic rings. The third kappa shape index (κ3) is 2.98. The van der Waals surface area contributed by atoms with Crippen molar-refractivity contribution in [3.05, 3.63) is 23.2 Å². The third-order valence-corrected chi connectivity index (χ3v) is 4.31. The molecule has 0 unspecified atom stereocenters. The van der Waals surface area contributed by atoms with E-state index in [0.29, 0.717) is 29.2 Å². The first-order valence-electron chi connectivity index (χ1n) is 4.98. The highest BCUT2D eigenvalue weighted by Crippen LogP contribution is 2.48. The number of nitrogens with two attached hydrogens (primary N) is 1. The summed E-state index contributed by atoms with van der Waals surface area (Å²) in [5.74, 6) is 0. The molecule has 0 aliphatic heterocycles. The molecule has 0 spiro atoms. The van der Waals surface area contributed by atoms with E-state index >= 15 is 0 Å². The Balaban J connectivity index is 3.15. The molecule has 1 aromatic carbocycles. The highest BCUT2D eigenvalue weighted by atomic mass is 35.5. The molecule has 0 fully saturated rings. The third-order valence-electron chi connectivity index (χ3n) is 1.88. The van der Waals surface area contributed by atoms with E-state index in [-0.39, 0.29) is 0 Å². The van der Waals surface area contributed by atoms with Gasteiger partial charge in [0.1, 0.15) is 0 Å². The van der Waals surface area contributed by atoms with E-state index < -0.39 is 7.60 Å². The molecule has 0 radical (unpaired) electrons. The Morgan fingerprint density at radius 2 is 1.88 bits per heavy atom. The van der Waals surface area contributed by atoms with Gasteiger partial charge in [-0.25, -0.2) is 0 Å². The van der Waals surface area contributed by atoms with Crippen molar-refractivity contribution in [3.8, 4) is 0 Å². The topological polar surface area (TPSA) is 61.5 Å². The van der Waals surface area contributed by atoms with Crippen LogP contribution in [0.1, 0.15) is 13.8 Å². The monoisotopic (exact) mass is 263 g/mol. The van der Waals surface area contributed by atoms with Crippen LogP contribution in [-0.4, -0.2) is 13.2 Å². The fourth-order valence-corrected chi connectivity index (χ4v) is 3.14. The van der Waals surface area contributed by atoms with Gasteiger partial charge in [0.05, 0.1) is 18.5 Å². The minimum Gasteiger partial charge on any atom is -0.398 e. The van der Waals surface area contributed by atoms with Gasteiger partial charge in [0.2, 0.25) is 0 Å². The van der Waals surface area contributed by atoms with Crippen LogP contribution in [0.4, 0.5) is 5.69 Å². The van der Waals surface area contributed by atoms with E-state index in [9.17, 15) is 4.57 Å². The van der Waals surface area contributed by atoms with Gasteiger partial charge < -0.3 is 14.8 Å². The first kappa shape index (κ1) is 13.5. The average Bonchev–Trinajstić information content (AvgIpc) is 2.17. The van der Waals surface area contributed by atoms with E-state index in [1.807, 2.05) is 0 Å². The molecular formula is C10H15ClNO3P. The van der Waals surface area contributed by atoms with Crippen molar-refractivity contribution in [2.45, 2.75) is 13.8 Å².